The van der Waals surface area contributed by atoms with Gasteiger partial charge in [0.25, 0.3) is 5.91 Å². The van der Waals surface area contributed by atoms with E-state index >= 15 is 0 Å². The highest BCUT2D eigenvalue weighted by molar-refractivity contribution is 7.92. The summed E-state index contributed by atoms with van der Waals surface area (Å²) in [5.41, 5.74) is 1.72. The molecule has 0 fully saturated rings. The van der Waals surface area contributed by atoms with Gasteiger partial charge in [-0.1, -0.05) is 19.1 Å². The standard InChI is InChI=1S/C22H30N2O5S/c1-5-21(29-20-14-10-18(11-15-20)24(2)30(4,26)27)22(25)23-16-6-7-17-8-12-19(28-3)13-9-17/h8-15,21H,5-7,16H2,1-4H3,(H,23,25)/t21-/m0/s1. The number of ether oxygens (including phenoxy) is 2. The van der Waals surface area contributed by atoms with Crippen molar-refractivity contribution in [3.05, 3.63) is 54.1 Å². The molecule has 0 aliphatic heterocycles. The second kappa shape index (κ2) is 10.9. The number of sulfonamides is 1. The second-order valence-corrected chi connectivity index (χ2v) is 9.00. The van der Waals surface area contributed by atoms with Crippen molar-refractivity contribution in [3.8, 4) is 11.5 Å². The molecule has 1 amide bonds. The van der Waals surface area contributed by atoms with Gasteiger partial charge in [-0.3, -0.25) is 9.10 Å². The van der Waals surface area contributed by atoms with Gasteiger partial charge in [-0.05, 0) is 61.2 Å². The summed E-state index contributed by atoms with van der Waals surface area (Å²) in [6.45, 7) is 2.44. The zero-order valence-corrected chi connectivity index (χ0v) is 18.7. The lowest BCUT2D eigenvalue weighted by Crippen LogP contribution is -2.38. The van der Waals surface area contributed by atoms with Gasteiger partial charge in [0, 0.05) is 13.6 Å². The molecular formula is C22H30N2O5S. The van der Waals surface area contributed by atoms with Gasteiger partial charge in [-0.15, -0.1) is 0 Å². The predicted molar refractivity (Wildman–Crippen MR) is 119 cm³/mol. The third kappa shape index (κ3) is 6.95. The van der Waals surface area contributed by atoms with Crippen LogP contribution in [0, 0.1) is 0 Å². The summed E-state index contributed by atoms with van der Waals surface area (Å²) in [5, 5.41) is 2.92. The first-order valence-corrected chi connectivity index (χ1v) is 11.7. The Hall–Kier alpha value is -2.74. The van der Waals surface area contributed by atoms with Gasteiger partial charge in [0.05, 0.1) is 19.1 Å². The van der Waals surface area contributed by atoms with E-state index in [9.17, 15) is 13.2 Å². The highest BCUT2D eigenvalue weighted by atomic mass is 32.2. The zero-order valence-electron chi connectivity index (χ0n) is 17.9. The van der Waals surface area contributed by atoms with Gasteiger partial charge in [-0.2, -0.15) is 0 Å². The molecule has 0 aliphatic rings. The van der Waals surface area contributed by atoms with Crippen molar-refractivity contribution in [2.75, 3.05) is 31.3 Å². The minimum absolute atomic E-state index is 0.162. The first-order valence-electron chi connectivity index (χ1n) is 9.86. The Labute approximate surface area is 179 Å². The average molecular weight is 435 g/mol. The van der Waals surface area contributed by atoms with Crippen molar-refractivity contribution in [1.29, 1.82) is 0 Å². The van der Waals surface area contributed by atoms with Crippen LogP contribution in [0.1, 0.15) is 25.3 Å². The van der Waals surface area contributed by atoms with Crippen molar-refractivity contribution in [2.45, 2.75) is 32.3 Å². The number of nitrogens with zero attached hydrogens (tertiary/aromatic N) is 1. The zero-order chi connectivity index (χ0) is 22.1. The molecule has 0 saturated heterocycles. The fourth-order valence-electron chi connectivity index (χ4n) is 2.82. The molecule has 8 heteroatoms. The van der Waals surface area contributed by atoms with E-state index in [4.69, 9.17) is 9.47 Å². The number of rotatable bonds is 11. The van der Waals surface area contributed by atoms with Crippen LogP contribution >= 0.6 is 0 Å². The molecular weight excluding hydrogens is 404 g/mol. The summed E-state index contributed by atoms with van der Waals surface area (Å²) in [6, 6.07) is 14.5. The lowest BCUT2D eigenvalue weighted by atomic mass is 10.1. The quantitative estimate of drug-likeness (QED) is 0.550. The van der Waals surface area contributed by atoms with E-state index in [1.807, 2.05) is 31.2 Å². The number of amides is 1. The molecule has 1 N–H and O–H groups in total. The largest absolute Gasteiger partial charge is 0.497 e. The molecule has 1 atom stereocenters. The Bertz CT molecular complexity index is 912. The summed E-state index contributed by atoms with van der Waals surface area (Å²) in [5.74, 6) is 1.18. The Morgan fingerprint density at radius 3 is 2.20 bits per heavy atom. The highest BCUT2D eigenvalue weighted by Crippen LogP contribution is 2.21. The molecule has 7 nitrogen and oxygen atoms in total. The van der Waals surface area contributed by atoms with Crippen LogP contribution in [-0.2, 0) is 21.2 Å². The molecule has 0 saturated carbocycles. The molecule has 0 heterocycles. The SMILES string of the molecule is CC[C@H](Oc1ccc(N(C)S(C)(=O)=O)cc1)C(=O)NCCCc1ccc(OC)cc1. The molecule has 0 spiro atoms. The van der Waals surface area contributed by atoms with Crippen molar-refractivity contribution < 1.29 is 22.7 Å². The molecule has 0 unspecified atom stereocenters. The Kier molecular flexibility index (Phi) is 8.53. The average Bonchev–Trinajstić information content (AvgIpc) is 2.74. The number of hydrogen-bond donors (Lipinski definition) is 1. The van der Waals surface area contributed by atoms with Crippen LogP contribution in [0.2, 0.25) is 0 Å². The van der Waals surface area contributed by atoms with Crippen LogP contribution in [0.4, 0.5) is 5.69 Å². The van der Waals surface area contributed by atoms with E-state index < -0.39 is 16.1 Å². The summed E-state index contributed by atoms with van der Waals surface area (Å²) in [4.78, 5) is 12.4. The monoisotopic (exact) mass is 434 g/mol. The van der Waals surface area contributed by atoms with Crippen LogP contribution in [0.3, 0.4) is 0 Å². The Morgan fingerprint density at radius 1 is 1.07 bits per heavy atom. The smallest absolute Gasteiger partial charge is 0.261 e. The van der Waals surface area contributed by atoms with Crippen molar-refractivity contribution >= 4 is 21.6 Å². The maximum absolute atomic E-state index is 12.4. The van der Waals surface area contributed by atoms with Crippen LogP contribution in [-0.4, -0.2) is 47.4 Å². The van der Waals surface area contributed by atoms with Crippen molar-refractivity contribution in [2.24, 2.45) is 0 Å². The van der Waals surface area contributed by atoms with Crippen LogP contribution in [0.25, 0.3) is 0 Å². The summed E-state index contributed by atoms with van der Waals surface area (Å²) >= 11 is 0. The minimum atomic E-state index is -3.32. The van der Waals surface area contributed by atoms with Crippen LogP contribution in [0.15, 0.2) is 48.5 Å². The van der Waals surface area contributed by atoms with Crippen molar-refractivity contribution in [1.82, 2.24) is 5.32 Å². The van der Waals surface area contributed by atoms with Gasteiger partial charge in [0.1, 0.15) is 11.5 Å². The number of carbonyl (C=O) groups is 1. The van der Waals surface area contributed by atoms with Crippen LogP contribution < -0.4 is 19.1 Å². The molecule has 164 valence electrons. The fraction of sp³-hybridized carbons (Fsp3) is 0.409. The molecule has 0 aliphatic carbocycles. The van der Waals surface area contributed by atoms with Gasteiger partial charge >= 0.3 is 0 Å². The number of benzene rings is 2. The van der Waals surface area contributed by atoms with Crippen molar-refractivity contribution in [3.63, 3.8) is 0 Å². The summed E-state index contributed by atoms with van der Waals surface area (Å²) < 4.78 is 35.3. The van der Waals surface area contributed by atoms with E-state index in [1.54, 1.807) is 31.4 Å². The minimum Gasteiger partial charge on any atom is -0.497 e. The van der Waals surface area contributed by atoms with Gasteiger partial charge in [-0.25, -0.2) is 8.42 Å². The van der Waals surface area contributed by atoms with E-state index in [0.717, 1.165) is 24.8 Å². The van der Waals surface area contributed by atoms with Crippen LogP contribution in [0.5, 0.6) is 11.5 Å². The maximum Gasteiger partial charge on any atom is 0.261 e. The number of hydrogen-bond acceptors (Lipinski definition) is 5. The maximum atomic E-state index is 12.4. The Morgan fingerprint density at radius 2 is 1.67 bits per heavy atom. The Balaban J connectivity index is 1.82. The summed E-state index contributed by atoms with van der Waals surface area (Å²) in [6.07, 6.45) is 2.74. The number of carbonyl (C=O) groups excluding carboxylic acids is 1. The molecule has 2 rings (SSSR count). The predicted octanol–water partition coefficient (Wildman–Crippen LogP) is 3.00. The van der Waals surface area contributed by atoms with E-state index in [2.05, 4.69) is 5.32 Å². The number of anilines is 1. The molecule has 0 aromatic heterocycles. The lowest BCUT2D eigenvalue weighted by Gasteiger charge is -2.19. The van der Waals surface area contributed by atoms with Gasteiger partial charge < -0.3 is 14.8 Å². The van der Waals surface area contributed by atoms with Gasteiger partial charge in [0.15, 0.2) is 6.10 Å². The fourth-order valence-corrected chi connectivity index (χ4v) is 3.33. The molecule has 2 aromatic rings. The van der Waals surface area contributed by atoms with E-state index in [0.29, 0.717) is 24.4 Å². The second-order valence-electron chi connectivity index (χ2n) is 6.98. The first-order chi connectivity index (χ1) is 14.2. The first kappa shape index (κ1) is 23.5. The normalized spacial score (nSPS) is 12.1. The third-order valence-electron chi connectivity index (χ3n) is 4.74. The molecule has 2 aromatic carbocycles. The van der Waals surface area contributed by atoms with E-state index in [1.165, 1.54) is 16.9 Å². The van der Waals surface area contributed by atoms with E-state index in [-0.39, 0.29) is 5.91 Å². The molecule has 0 bridgehead atoms. The highest BCUT2D eigenvalue weighted by Gasteiger charge is 2.18. The summed E-state index contributed by atoms with van der Waals surface area (Å²) in [7, 11) is -0.201. The lowest BCUT2D eigenvalue weighted by molar-refractivity contribution is -0.128. The molecule has 0 radical (unpaired) electrons. The third-order valence-corrected chi connectivity index (χ3v) is 5.95. The topological polar surface area (TPSA) is 84.9 Å². The number of nitrogens with one attached hydrogen (secondary N) is 1. The van der Waals surface area contributed by atoms with Gasteiger partial charge in [0.2, 0.25) is 10.0 Å². The number of aryl methyl sites for hydroxylation is 1. The molecule has 30 heavy (non-hydrogen) atoms. The number of methoxy groups -OCH3 is 1.